The Balaban J connectivity index is 1.66. The molecule has 0 radical (unpaired) electrons. The van der Waals surface area contributed by atoms with Crippen molar-refractivity contribution in [3.63, 3.8) is 0 Å². The van der Waals surface area contributed by atoms with Crippen LogP contribution in [0.2, 0.25) is 5.02 Å². The highest BCUT2D eigenvalue weighted by atomic mass is 35.5. The molecule has 0 unspecified atom stereocenters. The van der Waals surface area contributed by atoms with Crippen LogP contribution in [0.3, 0.4) is 0 Å². The monoisotopic (exact) mass is 437 g/mol. The van der Waals surface area contributed by atoms with Crippen LogP contribution in [0.25, 0.3) is 0 Å². The summed E-state index contributed by atoms with van der Waals surface area (Å²) >= 11 is 10.4. The number of carbonyl (C=O) groups is 1. The molecule has 1 amide bonds. The van der Waals surface area contributed by atoms with E-state index in [9.17, 15) is 13.6 Å². The summed E-state index contributed by atoms with van der Waals surface area (Å²) in [6.45, 7) is 1.55. The van der Waals surface area contributed by atoms with E-state index >= 15 is 0 Å². The Morgan fingerprint density at radius 1 is 1.14 bits per heavy atom. The number of rotatable bonds is 4. The molecule has 3 N–H and O–H groups in total. The summed E-state index contributed by atoms with van der Waals surface area (Å²) in [5.74, 6) is -1.33. The Hall–Kier alpha value is -2.78. The minimum absolute atomic E-state index is 0.0356. The van der Waals surface area contributed by atoms with Crippen molar-refractivity contribution in [1.82, 2.24) is 10.3 Å². The largest absolute Gasteiger partial charge is 0.375 e. The van der Waals surface area contributed by atoms with Crippen molar-refractivity contribution in [3.8, 4) is 0 Å². The molecule has 29 heavy (non-hydrogen) atoms. The summed E-state index contributed by atoms with van der Waals surface area (Å²) in [7, 11) is 0. The average Bonchev–Trinajstić information content (AvgIpc) is 2.70. The van der Waals surface area contributed by atoms with Crippen molar-refractivity contribution in [3.05, 3.63) is 64.2 Å². The van der Waals surface area contributed by atoms with Gasteiger partial charge >= 0.3 is 0 Å². The van der Waals surface area contributed by atoms with Crippen molar-refractivity contribution < 1.29 is 13.6 Å². The minimum Gasteiger partial charge on any atom is -0.375 e. The van der Waals surface area contributed by atoms with Gasteiger partial charge in [0.1, 0.15) is 11.6 Å². The van der Waals surface area contributed by atoms with Crippen LogP contribution in [0.4, 0.5) is 14.5 Å². The summed E-state index contributed by atoms with van der Waals surface area (Å²) in [5, 5.41) is 4.11. The molecule has 0 aromatic heterocycles. The predicted molar refractivity (Wildman–Crippen MR) is 113 cm³/mol. The number of piperazine rings is 1. The number of benzene rings is 2. The predicted octanol–water partition coefficient (Wildman–Crippen LogP) is 2.75. The maximum absolute atomic E-state index is 14.5. The van der Waals surface area contributed by atoms with Crippen LogP contribution in [0.5, 0.6) is 0 Å². The SMILES string of the molecule is NC(=S)NN=Cc1cc(F)c(N2CCN(C(=O)c3ccc(Cl)cc3)CC2)cc1F. The van der Waals surface area contributed by atoms with E-state index in [1.807, 2.05) is 0 Å². The molecule has 1 saturated heterocycles. The Morgan fingerprint density at radius 2 is 1.79 bits per heavy atom. The van der Waals surface area contributed by atoms with E-state index in [-0.39, 0.29) is 22.3 Å². The lowest BCUT2D eigenvalue weighted by Crippen LogP contribution is -2.49. The van der Waals surface area contributed by atoms with Gasteiger partial charge in [0.15, 0.2) is 5.11 Å². The number of hydrogen-bond donors (Lipinski definition) is 2. The molecule has 1 heterocycles. The summed E-state index contributed by atoms with van der Waals surface area (Å²) in [6, 6.07) is 8.82. The molecule has 10 heteroatoms. The van der Waals surface area contributed by atoms with Gasteiger partial charge in [-0.25, -0.2) is 8.78 Å². The van der Waals surface area contributed by atoms with Crippen LogP contribution >= 0.6 is 23.8 Å². The number of hydrazone groups is 1. The number of anilines is 1. The van der Waals surface area contributed by atoms with E-state index < -0.39 is 11.6 Å². The average molecular weight is 438 g/mol. The van der Waals surface area contributed by atoms with Crippen molar-refractivity contribution in [2.75, 3.05) is 31.1 Å². The molecule has 0 bridgehead atoms. The van der Waals surface area contributed by atoms with Gasteiger partial charge in [0, 0.05) is 48.4 Å². The molecule has 2 aromatic carbocycles. The van der Waals surface area contributed by atoms with Gasteiger partial charge in [-0.05, 0) is 42.5 Å². The fourth-order valence-electron chi connectivity index (χ4n) is 2.98. The number of thiocarbonyl (C=S) groups is 1. The molecular weight excluding hydrogens is 420 g/mol. The second kappa shape index (κ2) is 9.15. The zero-order valence-corrected chi connectivity index (χ0v) is 16.8. The molecular formula is C19H18ClF2N5OS. The topological polar surface area (TPSA) is 74.0 Å². The van der Waals surface area contributed by atoms with Crippen LogP contribution in [0, 0.1) is 11.6 Å². The molecule has 152 valence electrons. The maximum Gasteiger partial charge on any atom is 0.253 e. The zero-order chi connectivity index (χ0) is 21.0. The number of amides is 1. The van der Waals surface area contributed by atoms with Crippen molar-refractivity contribution in [1.29, 1.82) is 0 Å². The number of halogens is 3. The summed E-state index contributed by atoms with van der Waals surface area (Å²) in [6.07, 6.45) is 1.10. The van der Waals surface area contributed by atoms with Crippen molar-refractivity contribution in [2.24, 2.45) is 10.8 Å². The Bertz CT molecular complexity index is 946. The summed E-state index contributed by atoms with van der Waals surface area (Å²) < 4.78 is 28.8. The molecule has 0 aliphatic carbocycles. The van der Waals surface area contributed by atoms with Gasteiger partial charge in [-0.1, -0.05) is 11.6 Å². The number of carbonyl (C=O) groups excluding carboxylic acids is 1. The third kappa shape index (κ3) is 5.18. The highest BCUT2D eigenvalue weighted by Crippen LogP contribution is 2.24. The molecule has 0 saturated carbocycles. The zero-order valence-electron chi connectivity index (χ0n) is 15.2. The minimum atomic E-state index is -0.630. The lowest BCUT2D eigenvalue weighted by molar-refractivity contribution is 0.0746. The third-order valence-electron chi connectivity index (χ3n) is 4.44. The van der Waals surface area contributed by atoms with Crippen LogP contribution in [0.1, 0.15) is 15.9 Å². The lowest BCUT2D eigenvalue weighted by atomic mass is 10.1. The van der Waals surface area contributed by atoms with E-state index in [0.29, 0.717) is 36.8 Å². The van der Waals surface area contributed by atoms with Gasteiger partial charge in [-0.15, -0.1) is 0 Å². The highest BCUT2D eigenvalue weighted by Gasteiger charge is 2.24. The van der Waals surface area contributed by atoms with Gasteiger partial charge in [0.2, 0.25) is 0 Å². The molecule has 0 spiro atoms. The Labute approximate surface area is 176 Å². The molecule has 1 aliphatic heterocycles. The fourth-order valence-corrected chi connectivity index (χ4v) is 3.16. The lowest BCUT2D eigenvalue weighted by Gasteiger charge is -2.36. The fraction of sp³-hybridized carbons (Fsp3) is 0.211. The van der Waals surface area contributed by atoms with Gasteiger partial charge in [0.25, 0.3) is 5.91 Å². The van der Waals surface area contributed by atoms with E-state index in [1.54, 1.807) is 34.1 Å². The third-order valence-corrected chi connectivity index (χ3v) is 4.79. The number of nitrogens with zero attached hydrogens (tertiary/aromatic N) is 3. The molecule has 1 aliphatic rings. The Morgan fingerprint density at radius 3 is 2.41 bits per heavy atom. The highest BCUT2D eigenvalue weighted by molar-refractivity contribution is 7.80. The first-order valence-electron chi connectivity index (χ1n) is 8.72. The normalized spacial score (nSPS) is 14.3. The summed E-state index contributed by atoms with van der Waals surface area (Å²) in [4.78, 5) is 15.9. The quantitative estimate of drug-likeness (QED) is 0.437. The first-order chi connectivity index (χ1) is 13.8. The molecule has 3 rings (SSSR count). The molecule has 2 aromatic rings. The first-order valence-corrected chi connectivity index (χ1v) is 9.51. The van der Waals surface area contributed by atoms with E-state index in [1.165, 1.54) is 0 Å². The van der Waals surface area contributed by atoms with Gasteiger partial charge in [0.05, 0.1) is 11.9 Å². The van der Waals surface area contributed by atoms with Crippen LogP contribution < -0.4 is 16.1 Å². The molecule has 1 fully saturated rings. The maximum atomic E-state index is 14.5. The summed E-state index contributed by atoms with van der Waals surface area (Å²) in [5.41, 5.74) is 8.15. The van der Waals surface area contributed by atoms with E-state index in [2.05, 4.69) is 22.7 Å². The van der Waals surface area contributed by atoms with E-state index in [4.69, 9.17) is 17.3 Å². The smallest absolute Gasteiger partial charge is 0.253 e. The van der Waals surface area contributed by atoms with E-state index in [0.717, 1.165) is 18.3 Å². The number of nitrogens with two attached hydrogens (primary N) is 1. The Kier molecular flexibility index (Phi) is 6.60. The standard InChI is InChI=1S/C19H18ClF2N5OS/c20-14-3-1-12(2-4-14)18(28)27-7-5-26(6-8-27)17-10-15(21)13(9-16(17)22)11-24-25-19(23)29/h1-4,9-11H,5-8H2,(H3,23,25,29). The van der Waals surface area contributed by atoms with Gasteiger partial charge < -0.3 is 15.5 Å². The number of hydrogen-bond acceptors (Lipinski definition) is 4. The second-order valence-electron chi connectivity index (χ2n) is 6.35. The number of nitrogens with one attached hydrogen (secondary N) is 1. The van der Waals surface area contributed by atoms with Gasteiger partial charge in [-0.3, -0.25) is 10.2 Å². The van der Waals surface area contributed by atoms with Crippen LogP contribution in [-0.2, 0) is 0 Å². The molecule has 6 nitrogen and oxygen atoms in total. The molecule has 0 atom stereocenters. The van der Waals surface area contributed by atoms with Crippen LogP contribution in [-0.4, -0.2) is 48.3 Å². The van der Waals surface area contributed by atoms with Crippen LogP contribution in [0.15, 0.2) is 41.5 Å². The second-order valence-corrected chi connectivity index (χ2v) is 7.22. The first kappa shape index (κ1) is 20.9. The van der Waals surface area contributed by atoms with Crippen molar-refractivity contribution >= 4 is 46.7 Å². The van der Waals surface area contributed by atoms with Gasteiger partial charge in [-0.2, -0.15) is 5.10 Å². The van der Waals surface area contributed by atoms with Crippen molar-refractivity contribution in [2.45, 2.75) is 0 Å².